The van der Waals surface area contributed by atoms with Gasteiger partial charge in [-0.3, -0.25) is 4.68 Å². The van der Waals surface area contributed by atoms with E-state index >= 15 is 0 Å². The van der Waals surface area contributed by atoms with E-state index in [9.17, 15) is 0 Å². The minimum absolute atomic E-state index is 0.0594. The summed E-state index contributed by atoms with van der Waals surface area (Å²) in [5, 5.41) is 7.69. The van der Waals surface area contributed by atoms with Crippen molar-refractivity contribution in [3.63, 3.8) is 0 Å². The first-order valence-corrected chi connectivity index (χ1v) is 6.02. The summed E-state index contributed by atoms with van der Waals surface area (Å²) in [6, 6.07) is 0. The van der Waals surface area contributed by atoms with Crippen LogP contribution < -0.4 is 5.32 Å². The summed E-state index contributed by atoms with van der Waals surface area (Å²) in [6.07, 6.45) is 0. The maximum Gasteiger partial charge on any atom is 0.102 e. The third-order valence-corrected chi connectivity index (χ3v) is 2.58. The second kappa shape index (κ2) is 5.37. The molecule has 0 radical (unpaired) electrons. The Balaban J connectivity index is 2.85. The summed E-state index contributed by atoms with van der Waals surface area (Å²) >= 11 is 0. The zero-order valence-electron chi connectivity index (χ0n) is 11.8. The molecule has 17 heavy (non-hydrogen) atoms. The molecule has 1 aromatic rings. The van der Waals surface area contributed by atoms with Gasteiger partial charge in [-0.05, 0) is 41.7 Å². The van der Waals surface area contributed by atoms with Crippen molar-refractivity contribution in [3.05, 3.63) is 17.0 Å². The average Bonchev–Trinajstić information content (AvgIpc) is 2.45. The van der Waals surface area contributed by atoms with Gasteiger partial charge in [-0.25, -0.2) is 0 Å². The van der Waals surface area contributed by atoms with Gasteiger partial charge in [-0.1, -0.05) is 11.8 Å². The predicted octanol–water partition coefficient (Wildman–Crippen LogP) is 2.27. The molecule has 0 bridgehead atoms. The van der Waals surface area contributed by atoms with Gasteiger partial charge in [0, 0.05) is 23.2 Å². The summed E-state index contributed by atoms with van der Waals surface area (Å²) in [6.45, 7) is 12.0. The molecule has 1 aromatic heterocycles. The summed E-state index contributed by atoms with van der Waals surface area (Å²) in [5.41, 5.74) is 3.64. The number of hydrogen-bond acceptors (Lipinski definition) is 2. The normalized spacial score (nSPS) is 11.2. The minimum atomic E-state index is 0.0594. The van der Waals surface area contributed by atoms with Crippen molar-refractivity contribution in [2.24, 2.45) is 5.41 Å². The molecule has 1 N–H and O–H groups in total. The van der Waals surface area contributed by atoms with Crippen LogP contribution in [0.25, 0.3) is 0 Å². The molecule has 94 valence electrons. The van der Waals surface area contributed by atoms with E-state index in [1.54, 1.807) is 0 Å². The van der Waals surface area contributed by atoms with Crippen molar-refractivity contribution in [3.8, 4) is 11.8 Å². The van der Waals surface area contributed by atoms with Crippen molar-refractivity contribution in [1.82, 2.24) is 15.1 Å². The van der Waals surface area contributed by atoms with Crippen LogP contribution in [0, 0.1) is 31.1 Å². The van der Waals surface area contributed by atoms with Crippen LogP contribution in [0.5, 0.6) is 0 Å². The van der Waals surface area contributed by atoms with Crippen LogP contribution in [0.2, 0.25) is 0 Å². The Kier molecular flexibility index (Phi) is 4.36. The molecule has 0 saturated carbocycles. The maximum absolute atomic E-state index is 4.52. The molecule has 0 saturated heterocycles. The lowest BCUT2D eigenvalue weighted by Crippen LogP contribution is -2.08. The molecule has 0 aromatic carbocycles. The van der Waals surface area contributed by atoms with Crippen LogP contribution in [0.1, 0.15) is 37.7 Å². The maximum atomic E-state index is 4.52. The minimum Gasteiger partial charge on any atom is -0.316 e. The van der Waals surface area contributed by atoms with E-state index < -0.39 is 0 Å². The van der Waals surface area contributed by atoms with Crippen molar-refractivity contribution in [1.29, 1.82) is 0 Å². The van der Waals surface area contributed by atoms with Crippen LogP contribution in [0.15, 0.2) is 0 Å². The van der Waals surface area contributed by atoms with Crippen LogP contribution in [0.4, 0.5) is 0 Å². The smallest absolute Gasteiger partial charge is 0.102 e. The SMILES string of the molecule is CNCc1c(C)nn(CC#CC(C)(C)C)c1C. The van der Waals surface area contributed by atoms with Gasteiger partial charge in [0.25, 0.3) is 0 Å². The van der Waals surface area contributed by atoms with E-state index in [0.29, 0.717) is 6.54 Å². The molecule has 1 rings (SSSR count). The lowest BCUT2D eigenvalue weighted by molar-refractivity contribution is 0.568. The second-order valence-corrected chi connectivity index (χ2v) is 5.39. The van der Waals surface area contributed by atoms with Crippen LogP contribution in [-0.2, 0) is 13.1 Å². The molecule has 0 aliphatic heterocycles. The fourth-order valence-corrected chi connectivity index (χ4v) is 1.70. The van der Waals surface area contributed by atoms with Gasteiger partial charge in [0.2, 0.25) is 0 Å². The zero-order valence-corrected chi connectivity index (χ0v) is 11.8. The largest absolute Gasteiger partial charge is 0.316 e. The zero-order chi connectivity index (χ0) is 13.1. The number of nitrogens with zero attached hydrogens (tertiary/aromatic N) is 2. The Hall–Kier alpha value is -1.27. The molecule has 0 amide bonds. The highest BCUT2D eigenvalue weighted by Gasteiger charge is 2.09. The summed E-state index contributed by atoms with van der Waals surface area (Å²) in [7, 11) is 1.95. The van der Waals surface area contributed by atoms with Crippen LogP contribution in [-0.4, -0.2) is 16.8 Å². The Morgan fingerprint density at radius 2 is 1.94 bits per heavy atom. The lowest BCUT2D eigenvalue weighted by atomic mass is 9.98. The molecule has 0 atom stereocenters. The van der Waals surface area contributed by atoms with Gasteiger partial charge in [0.1, 0.15) is 6.54 Å². The molecule has 0 aliphatic rings. The molecular weight excluding hydrogens is 210 g/mol. The summed E-state index contributed by atoms with van der Waals surface area (Å²) < 4.78 is 1.99. The van der Waals surface area contributed by atoms with Crippen molar-refractivity contribution in [2.45, 2.75) is 47.7 Å². The van der Waals surface area contributed by atoms with Gasteiger partial charge < -0.3 is 5.32 Å². The first-order chi connectivity index (χ1) is 7.85. The summed E-state index contributed by atoms with van der Waals surface area (Å²) in [5.74, 6) is 6.43. The Bertz CT molecular complexity index is 439. The monoisotopic (exact) mass is 233 g/mol. The topological polar surface area (TPSA) is 29.9 Å². The number of hydrogen-bond donors (Lipinski definition) is 1. The van der Waals surface area contributed by atoms with Crippen molar-refractivity contribution >= 4 is 0 Å². The van der Waals surface area contributed by atoms with Crippen LogP contribution >= 0.6 is 0 Å². The van der Waals surface area contributed by atoms with E-state index in [0.717, 1.165) is 12.2 Å². The van der Waals surface area contributed by atoms with E-state index in [1.165, 1.54) is 11.3 Å². The van der Waals surface area contributed by atoms with E-state index in [-0.39, 0.29) is 5.41 Å². The second-order valence-electron chi connectivity index (χ2n) is 5.39. The molecule has 0 unspecified atom stereocenters. The third kappa shape index (κ3) is 3.90. The molecule has 3 nitrogen and oxygen atoms in total. The molecule has 1 heterocycles. The quantitative estimate of drug-likeness (QED) is 0.812. The number of aromatic nitrogens is 2. The first kappa shape index (κ1) is 13.8. The Morgan fingerprint density at radius 1 is 1.29 bits per heavy atom. The fourth-order valence-electron chi connectivity index (χ4n) is 1.70. The van der Waals surface area contributed by atoms with Crippen molar-refractivity contribution < 1.29 is 0 Å². The molecule has 0 spiro atoms. The van der Waals surface area contributed by atoms with Gasteiger partial charge in [0.15, 0.2) is 0 Å². The van der Waals surface area contributed by atoms with Gasteiger partial charge in [0.05, 0.1) is 5.69 Å². The molecule has 3 heteroatoms. The lowest BCUT2D eigenvalue weighted by Gasteiger charge is -2.07. The van der Waals surface area contributed by atoms with E-state index in [2.05, 4.69) is 50.0 Å². The van der Waals surface area contributed by atoms with E-state index in [1.807, 2.05) is 18.7 Å². The standard InChI is InChI=1S/C14H23N3/c1-11-13(10-15-6)12(2)17(16-11)9-7-8-14(3,4)5/h15H,9-10H2,1-6H3. The van der Waals surface area contributed by atoms with Gasteiger partial charge in [-0.15, -0.1) is 0 Å². The third-order valence-electron chi connectivity index (χ3n) is 2.58. The van der Waals surface area contributed by atoms with Gasteiger partial charge in [-0.2, -0.15) is 5.10 Å². The molecular formula is C14H23N3. The van der Waals surface area contributed by atoms with Crippen LogP contribution in [0.3, 0.4) is 0 Å². The number of aryl methyl sites for hydroxylation is 1. The number of nitrogens with one attached hydrogen (secondary N) is 1. The molecule has 0 aliphatic carbocycles. The summed E-state index contributed by atoms with van der Waals surface area (Å²) in [4.78, 5) is 0. The van der Waals surface area contributed by atoms with Gasteiger partial charge >= 0.3 is 0 Å². The highest BCUT2D eigenvalue weighted by Crippen LogP contribution is 2.13. The van der Waals surface area contributed by atoms with E-state index in [4.69, 9.17) is 0 Å². The molecule has 0 fully saturated rings. The van der Waals surface area contributed by atoms with Crippen molar-refractivity contribution in [2.75, 3.05) is 7.05 Å². The highest BCUT2D eigenvalue weighted by atomic mass is 15.3. The Morgan fingerprint density at radius 3 is 2.47 bits per heavy atom. The Labute approximate surface area is 105 Å². The first-order valence-electron chi connectivity index (χ1n) is 6.02. The fraction of sp³-hybridized carbons (Fsp3) is 0.643. The highest BCUT2D eigenvalue weighted by molar-refractivity contribution is 5.25. The predicted molar refractivity (Wildman–Crippen MR) is 71.7 cm³/mol. The number of rotatable bonds is 3. The average molecular weight is 233 g/mol.